The second-order valence-electron chi connectivity index (χ2n) is 4.62. The smallest absolute Gasteiger partial charge is 0.174 e. The van der Waals surface area contributed by atoms with Crippen molar-refractivity contribution in [3.05, 3.63) is 23.0 Å². The lowest BCUT2D eigenvalue weighted by Crippen LogP contribution is -2.27. The molecule has 1 unspecified atom stereocenters. The third kappa shape index (κ3) is 2.24. The van der Waals surface area contributed by atoms with Crippen LogP contribution < -0.4 is 10.6 Å². The van der Waals surface area contributed by atoms with Gasteiger partial charge in [0.2, 0.25) is 0 Å². The van der Waals surface area contributed by atoms with Gasteiger partial charge in [-0.1, -0.05) is 5.16 Å². The number of β-amino-alcohol motifs (C(OH)–C–C–N with tert-alkyl or cyclic N) is 1. The van der Waals surface area contributed by atoms with Crippen molar-refractivity contribution in [2.75, 3.05) is 18.0 Å². The lowest BCUT2D eigenvalue weighted by molar-refractivity contribution is 0.198. The zero-order valence-electron chi connectivity index (χ0n) is 10.6. The summed E-state index contributed by atoms with van der Waals surface area (Å²) >= 11 is 0. The number of pyridine rings is 1. The molecule has 2 rings (SSSR count). The van der Waals surface area contributed by atoms with Crippen LogP contribution in [0.2, 0.25) is 0 Å². The highest BCUT2D eigenvalue weighted by Crippen LogP contribution is 2.27. The highest BCUT2D eigenvalue weighted by molar-refractivity contribution is 6.03. The van der Waals surface area contributed by atoms with Gasteiger partial charge < -0.3 is 20.9 Å². The number of hydrogen-bond acceptors (Lipinski definition) is 5. The minimum absolute atomic E-state index is 0.0522. The van der Waals surface area contributed by atoms with Crippen molar-refractivity contribution >= 4 is 11.5 Å². The van der Waals surface area contributed by atoms with Crippen molar-refractivity contribution in [2.45, 2.75) is 26.4 Å². The maximum Gasteiger partial charge on any atom is 0.174 e. The highest BCUT2D eigenvalue weighted by atomic mass is 16.4. The van der Waals surface area contributed by atoms with Gasteiger partial charge in [0.15, 0.2) is 5.84 Å². The molecule has 18 heavy (non-hydrogen) atoms. The number of hydrogen-bond donors (Lipinski definition) is 3. The molecule has 1 aliphatic rings. The van der Waals surface area contributed by atoms with E-state index in [-0.39, 0.29) is 11.9 Å². The Labute approximate surface area is 106 Å². The van der Waals surface area contributed by atoms with Gasteiger partial charge in [0.1, 0.15) is 0 Å². The summed E-state index contributed by atoms with van der Waals surface area (Å²) in [4.78, 5) is 6.37. The zero-order chi connectivity index (χ0) is 13.3. The summed E-state index contributed by atoms with van der Waals surface area (Å²) in [6, 6.07) is 1.90. The van der Waals surface area contributed by atoms with Gasteiger partial charge in [-0.15, -0.1) is 0 Å². The Morgan fingerprint density at radius 3 is 2.83 bits per heavy atom. The number of nitrogens with zero attached hydrogens (tertiary/aromatic N) is 3. The van der Waals surface area contributed by atoms with E-state index in [0.29, 0.717) is 12.1 Å². The number of rotatable bonds is 2. The summed E-state index contributed by atoms with van der Waals surface area (Å²) in [6.07, 6.45) is 0.412. The third-order valence-electron chi connectivity index (χ3n) is 3.18. The van der Waals surface area contributed by atoms with E-state index in [2.05, 4.69) is 10.1 Å². The second-order valence-corrected chi connectivity index (χ2v) is 4.62. The molecular weight excluding hydrogens is 232 g/mol. The molecule has 1 aromatic heterocycles. The van der Waals surface area contributed by atoms with E-state index in [4.69, 9.17) is 10.9 Å². The van der Waals surface area contributed by atoms with Crippen LogP contribution in [-0.4, -0.2) is 40.3 Å². The predicted molar refractivity (Wildman–Crippen MR) is 69.1 cm³/mol. The molecule has 1 aliphatic heterocycles. The number of anilines is 1. The van der Waals surface area contributed by atoms with E-state index >= 15 is 0 Å². The van der Waals surface area contributed by atoms with Gasteiger partial charge in [-0.3, -0.25) is 4.98 Å². The third-order valence-corrected chi connectivity index (χ3v) is 3.18. The monoisotopic (exact) mass is 250 g/mol. The maximum absolute atomic E-state index is 9.62. The number of aliphatic hydroxyl groups excluding tert-OH is 1. The van der Waals surface area contributed by atoms with Crippen LogP contribution >= 0.6 is 0 Å². The molecule has 6 heteroatoms. The minimum Gasteiger partial charge on any atom is -0.409 e. The van der Waals surface area contributed by atoms with Gasteiger partial charge in [0.25, 0.3) is 0 Å². The van der Waals surface area contributed by atoms with Crippen molar-refractivity contribution in [2.24, 2.45) is 10.9 Å². The average Bonchev–Trinajstić information content (AvgIpc) is 2.74. The Morgan fingerprint density at radius 1 is 1.56 bits per heavy atom. The molecule has 1 saturated heterocycles. The van der Waals surface area contributed by atoms with E-state index in [0.717, 1.165) is 30.0 Å². The first kappa shape index (κ1) is 12.6. The van der Waals surface area contributed by atoms with Gasteiger partial charge in [-0.2, -0.15) is 0 Å². The summed E-state index contributed by atoms with van der Waals surface area (Å²) in [5, 5.41) is 21.6. The van der Waals surface area contributed by atoms with Crippen LogP contribution in [0.4, 0.5) is 5.69 Å². The van der Waals surface area contributed by atoms with Gasteiger partial charge in [-0.25, -0.2) is 0 Å². The summed E-state index contributed by atoms with van der Waals surface area (Å²) in [6.45, 7) is 5.06. The quantitative estimate of drug-likeness (QED) is 0.305. The predicted octanol–water partition coefficient (Wildman–Crippen LogP) is 0.364. The number of aromatic nitrogens is 1. The zero-order valence-corrected chi connectivity index (χ0v) is 10.6. The summed E-state index contributed by atoms with van der Waals surface area (Å²) < 4.78 is 0. The SMILES string of the molecule is Cc1cc(N2CCC(O)C2)c(/C(N)=N/O)c(C)n1. The van der Waals surface area contributed by atoms with Crippen molar-refractivity contribution in [1.29, 1.82) is 0 Å². The van der Waals surface area contributed by atoms with Crippen LogP contribution in [0.25, 0.3) is 0 Å². The van der Waals surface area contributed by atoms with Crippen molar-refractivity contribution in [3.8, 4) is 0 Å². The molecule has 0 aliphatic carbocycles. The molecule has 4 N–H and O–H groups in total. The van der Waals surface area contributed by atoms with Crippen LogP contribution in [-0.2, 0) is 0 Å². The van der Waals surface area contributed by atoms with Gasteiger partial charge in [0, 0.05) is 18.8 Å². The number of aryl methyl sites for hydroxylation is 2. The van der Waals surface area contributed by atoms with Crippen LogP contribution in [0.1, 0.15) is 23.4 Å². The number of aliphatic hydroxyl groups is 1. The fraction of sp³-hybridized carbons (Fsp3) is 0.500. The van der Waals surface area contributed by atoms with E-state index in [1.807, 2.05) is 24.8 Å². The minimum atomic E-state index is -0.320. The lowest BCUT2D eigenvalue weighted by atomic mass is 10.1. The standard InChI is InChI=1S/C12H18N4O2/c1-7-5-10(16-4-3-9(17)6-16)11(8(2)14-7)12(13)15-18/h5,9,17-18H,3-4,6H2,1-2H3,(H2,13,15). The molecule has 0 radical (unpaired) electrons. The molecule has 2 heterocycles. The van der Waals surface area contributed by atoms with E-state index in [9.17, 15) is 5.11 Å². The maximum atomic E-state index is 9.62. The first-order chi connectivity index (χ1) is 8.52. The number of amidine groups is 1. The Kier molecular flexibility index (Phi) is 3.38. The first-order valence-electron chi connectivity index (χ1n) is 5.92. The summed E-state index contributed by atoms with van der Waals surface area (Å²) in [5.41, 5.74) is 8.82. The van der Waals surface area contributed by atoms with Gasteiger partial charge in [-0.05, 0) is 26.3 Å². The Balaban J connectivity index is 2.50. The molecule has 6 nitrogen and oxygen atoms in total. The molecule has 1 aromatic rings. The summed E-state index contributed by atoms with van der Waals surface area (Å²) in [7, 11) is 0. The molecule has 1 atom stereocenters. The molecular formula is C12H18N4O2. The van der Waals surface area contributed by atoms with Crippen LogP contribution in [0.5, 0.6) is 0 Å². The van der Waals surface area contributed by atoms with E-state index < -0.39 is 0 Å². The normalized spacial score (nSPS) is 20.5. The molecule has 1 fully saturated rings. The molecule has 0 saturated carbocycles. The van der Waals surface area contributed by atoms with Crippen molar-refractivity contribution in [3.63, 3.8) is 0 Å². The largest absolute Gasteiger partial charge is 0.409 e. The average molecular weight is 250 g/mol. The van der Waals surface area contributed by atoms with Crippen LogP contribution in [0.15, 0.2) is 11.2 Å². The fourth-order valence-corrected chi connectivity index (χ4v) is 2.38. The topological polar surface area (TPSA) is 95.0 Å². The molecule has 0 bridgehead atoms. The fourth-order valence-electron chi connectivity index (χ4n) is 2.38. The Bertz CT molecular complexity index is 487. The molecule has 0 amide bonds. The Morgan fingerprint density at radius 2 is 2.28 bits per heavy atom. The van der Waals surface area contributed by atoms with Gasteiger partial charge >= 0.3 is 0 Å². The first-order valence-corrected chi connectivity index (χ1v) is 5.92. The lowest BCUT2D eigenvalue weighted by Gasteiger charge is -2.22. The van der Waals surface area contributed by atoms with Crippen LogP contribution in [0.3, 0.4) is 0 Å². The molecule has 0 spiro atoms. The Hall–Kier alpha value is -1.82. The van der Waals surface area contributed by atoms with Crippen molar-refractivity contribution in [1.82, 2.24) is 4.98 Å². The second kappa shape index (κ2) is 4.81. The van der Waals surface area contributed by atoms with E-state index in [1.165, 1.54) is 0 Å². The molecule has 0 aromatic carbocycles. The molecule has 98 valence electrons. The number of oxime groups is 1. The summed E-state index contributed by atoms with van der Waals surface area (Å²) in [5.74, 6) is 0.0522. The number of nitrogens with two attached hydrogens (primary N) is 1. The van der Waals surface area contributed by atoms with Crippen LogP contribution in [0, 0.1) is 13.8 Å². The van der Waals surface area contributed by atoms with Gasteiger partial charge in [0.05, 0.1) is 23.0 Å². The van der Waals surface area contributed by atoms with Crippen molar-refractivity contribution < 1.29 is 10.3 Å². The highest BCUT2D eigenvalue weighted by Gasteiger charge is 2.25. The van der Waals surface area contributed by atoms with E-state index in [1.54, 1.807) is 0 Å².